The Labute approximate surface area is 245 Å². The molecule has 0 bridgehead atoms. The molecule has 13 heteroatoms. The number of nitrogens with one attached hydrogen (secondary N) is 4. The standard InChI is InChI=1S/C28H42N4O8S/c1-20(33)21-5-4-6-22(17-21)30-26(35)18-40-16-15-39-14-13-38-12-11-37-10-9-29-25(34)8-3-2-7-24-27-23(19-41-24)31-28(36)32-27/h4-6,17,23-24,27H,2-3,7-16,18-19H2,1H3,(H,29,34)(H,30,35)(H2,31,32,36)/t23-,24?,27-/m0/s1. The molecule has 12 nitrogen and oxygen atoms in total. The summed E-state index contributed by atoms with van der Waals surface area (Å²) >= 11 is 1.89. The van der Waals surface area contributed by atoms with Crippen molar-refractivity contribution in [1.82, 2.24) is 16.0 Å². The van der Waals surface area contributed by atoms with E-state index in [-0.39, 0.29) is 48.9 Å². The molecule has 4 amide bonds. The van der Waals surface area contributed by atoms with Gasteiger partial charge < -0.3 is 40.2 Å². The van der Waals surface area contributed by atoms with Crippen LogP contribution >= 0.6 is 11.8 Å². The Morgan fingerprint density at radius 1 is 0.927 bits per heavy atom. The van der Waals surface area contributed by atoms with Crippen LogP contribution < -0.4 is 21.3 Å². The van der Waals surface area contributed by atoms with Crippen molar-refractivity contribution in [3.05, 3.63) is 29.8 Å². The van der Waals surface area contributed by atoms with Gasteiger partial charge in [0.1, 0.15) is 6.61 Å². The third kappa shape index (κ3) is 12.8. The average molecular weight is 595 g/mol. The lowest BCUT2D eigenvalue weighted by Crippen LogP contribution is -2.36. The van der Waals surface area contributed by atoms with Crippen LogP contribution in [0.4, 0.5) is 10.5 Å². The molecule has 2 aliphatic heterocycles. The summed E-state index contributed by atoms with van der Waals surface area (Å²) in [5.74, 6) is 0.608. The first-order chi connectivity index (χ1) is 19.9. The highest BCUT2D eigenvalue weighted by molar-refractivity contribution is 8.00. The van der Waals surface area contributed by atoms with Crippen molar-refractivity contribution in [2.24, 2.45) is 0 Å². The zero-order chi connectivity index (χ0) is 29.3. The fourth-order valence-corrected chi connectivity index (χ4v) is 6.01. The van der Waals surface area contributed by atoms with Crippen LogP contribution in [0.2, 0.25) is 0 Å². The number of thioether (sulfide) groups is 1. The van der Waals surface area contributed by atoms with Gasteiger partial charge >= 0.3 is 6.03 Å². The number of hydrogen-bond acceptors (Lipinski definition) is 9. The topological polar surface area (TPSA) is 153 Å². The van der Waals surface area contributed by atoms with Gasteiger partial charge in [0.25, 0.3) is 0 Å². The second-order valence-electron chi connectivity index (χ2n) is 9.79. The van der Waals surface area contributed by atoms with Crippen molar-refractivity contribution in [2.75, 3.05) is 70.5 Å². The summed E-state index contributed by atoms with van der Waals surface area (Å²) in [7, 11) is 0. The van der Waals surface area contributed by atoms with Crippen molar-refractivity contribution in [1.29, 1.82) is 0 Å². The molecule has 3 rings (SSSR count). The molecule has 1 aromatic carbocycles. The van der Waals surface area contributed by atoms with E-state index in [0.717, 1.165) is 25.0 Å². The molecular formula is C28H42N4O8S. The number of anilines is 1. The van der Waals surface area contributed by atoms with Crippen LogP contribution in [-0.4, -0.2) is 106 Å². The summed E-state index contributed by atoms with van der Waals surface area (Å²) in [6, 6.07) is 7.13. The Kier molecular flexibility index (Phi) is 14.9. The number of ketones is 1. The highest BCUT2D eigenvalue weighted by Gasteiger charge is 2.42. The van der Waals surface area contributed by atoms with E-state index >= 15 is 0 Å². The first-order valence-electron chi connectivity index (χ1n) is 14.1. The molecule has 3 atom stereocenters. The minimum atomic E-state index is -0.305. The van der Waals surface area contributed by atoms with Crippen molar-refractivity contribution >= 4 is 41.1 Å². The smallest absolute Gasteiger partial charge is 0.315 e. The maximum Gasteiger partial charge on any atom is 0.315 e. The number of carbonyl (C=O) groups is 4. The zero-order valence-electron chi connectivity index (χ0n) is 23.6. The number of rotatable bonds is 21. The van der Waals surface area contributed by atoms with Crippen LogP contribution in [0.25, 0.3) is 0 Å². The predicted molar refractivity (Wildman–Crippen MR) is 155 cm³/mol. The molecule has 1 unspecified atom stereocenters. The number of ether oxygens (including phenoxy) is 4. The maximum atomic E-state index is 12.0. The average Bonchev–Trinajstić information content (AvgIpc) is 3.50. The molecule has 2 aliphatic rings. The van der Waals surface area contributed by atoms with E-state index in [0.29, 0.717) is 69.1 Å². The SMILES string of the molecule is CC(=O)c1cccc(NC(=O)COCCOCCOCCOCCNC(=O)CCCCC2SC[C@@H]3NC(=O)N[C@H]23)c1. The number of benzene rings is 1. The first-order valence-corrected chi connectivity index (χ1v) is 15.1. The molecule has 2 heterocycles. The summed E-state index contributed by atoms with van der Waals surface area (Å²) in [6.45, 7) is 4.52. The van der Waals surface area contributed by atoms with Gasteiger partial charge in [0, 0.05) is 35.2 Å². The number of amides is 4. The first kappa shape index (κ1) is 32.8. The van der Waals surface area contributed by atoms with Gasteiger partial charge in [-0.3, -0.25) is 14.4 Å². The van der Waals surface area contributed by atoms with Gasteiger partial charge in [-0.2, -0.15) is 11.8 Å². The van der Waals surface area contributed by atoms with E-state index in [1.165, 1.54) is 6.92 Å². The van der Waals surface area contributed by atoms with Gasteiger partial charge in [-0.05, 0) is 31.9 Å². The number of fused-ring (bicyclic) bond motifs is 1. The Morgan fingerprint density at radius 3 is 2.37 bits per heavy atom. The van der Waals surface area contributed by atoms with Gasteiger partial charge in [-0.15, -0.1) is 0 Å². The van der Waals surface area contributed by atoms with E-state index in [4.69, 9.17) is 18.9 Å². The monoisotopic (exact) mass is 594 g/mol. The molecule has 41 heavy (non-hydrogen) atoms. The summed E-state index contributed by atoms with van der Waals surface area (Å²) in [5.41, 5.74) is 1.08. The molecule has 228 valence electrons. The fourth-order valence-electron chi connectivity index (χ4n) is 4.46. The number of urea groups is 1. The van der Waals surface area contributed by atoms with Crippen molar-refractivity contribution in [2.45, 2.75) is 49.9 Å². The largest absolute Gasteiger partial charge is 0.377 e. The summed E-state index contributed by atoms with van der Waals surface area (Å²) in [5, 5.41) is 11.9. The molecule has 2 fully saturated rings. The van der Waals surface area contributed by atoms with Crippen LogP contribution in [0.5, 0.6) is 0 Å². The van der Waals surface area contributed by atoms with Crippen LogP contribution in [0.15, 0.2) is 24.3 Å². The van der Waals surface area contributed by atoms with Gasteiger partial charge in [-0.1, -0.05) is 18.6 Å². The highest BCUT2D eigenvalue weighted by Crippen LogP contribution is 2.33. The van der Waals surface area contributed by atoms with Crippen LogP contribution in [0.1, 0.15) is 43.0 Å². The lowest BCUT2D eigenvalue weighted by molar-refractivity contribution is -0.122. The van der Waals surface area contributed by atoms with Gasteiger partial charge in [0.15, 0.2) is 5.78 Å². The van der Waals surface area contributed by atoms with E-state index in [1.54, 1.807) is 24.3 Å². The Balaban J connectivity index is 1.03. The van der Waals surface area contributed by atoms with Crippen LogP contribution in [-0.2, 0) is 28.5 Å². The third-order valence-electron chi connectivity index (χ3n) is 6.55. The van der Waals surface area contributed by atoms with E-state index in [2.05, 4.69) is 21.3 Å². The Morgan fingerprint density at radius 2 is 1.63 bits per heavy atom. The molecule has 4 N–H and O–H groups in total. The summed E-state index contributed by atoms with van der Waals surface area (Å²) < 4.78 is 21.6. The van der Waals surface area contributed by atoms with Crippen molar-refractivity contribution in [3.63, 3.8) is 0 Å². The minimum absolute atomic E-state index is 0.0267. The molecule has 0 aliphatic carbocycles. The molecule has 0 radical (unpaired) electrons. The Bertz CT molecular complexity index is 998. The number of hydrogen-bond donors (Lipinski definition) is 4. The lowest BCUT2D eigenvalue weighted by Gasteiger charge is -2.16. The lowest BCUT2D eigenvalue weighted by atomic mass is 10.0. The van der Waals surface area contributed by atoms with Crippen molar-refractivity contribution < 1.29 is 38.1 Å². The summed E-state index contributed by atoms with van der Waals surface area (Å²) in [4.78, 5) is 46.8. The van der Waals surface area contributed by atoms with Crippen LogP contribution in [0.3, 0.4) is 0 Å². The van der Waals surface area contributed by atoms with E-state index in [9.17, 15) is 19.2 Å². The van der Waals surface area contributed by atoms with Crippen molar-refractivity contribution in [3.8, 4) is 0 Å². The summed E-state index contributed by atoms with van der Waals surface area (Å²) in [6.07, 6.45) is 3.29. The quantitative estimate of drug-likeness (QED) is 0.0947. The molecular weight excluding hydrogens is 552 g/mol. The third-order valence-corrected chi connectivity index (χ3v) is 8.06. The van der Waals surface area contributed by atoms with E-state index in [1.807, 2.05) is 11.8 Å². The van der Waals surface area contributed by atoms with Gasteiger partial charge in [0.2, 0.25) is 11.8 Å². The molecule has 1 aromatic rings. The highest BCUT2D eigenvalue weighted by atomic mass is 32.2. The normalized spacial score (nSPS) is 19.3. The predicted octanol–water partition coefficient (Wildman–Crippen LogP) is 1.74. The zero-order valence-corrected chi connectivity index (χ0v) is 24.4. The minimum Gasteiger partial charge on any atom is -0.377 e. The maximum absolute atomic E-state index is 12.0. The Hall–Kier alpha value is -2.71. The van der Waals surface area contributed by atoms with Gasteiger partial charge in [0.05, 0.1) is 58.3 Å². The second kappa shape index (κ2) is 18.7. The molecule has 0 saturated carbocycles. The van der Waals surface area contributed by atoms with Gasteiger partial charge in [-0.25, -0.2) is 4.79 Å². The molecule has 0 spiro atoms. The number of Topliss-reactive ketones (excluding diaryl/α,β-unsaturated/α-hetero) is 1. The van der Waals surface area contributed by atoms with E-state index < -0.39 is 0 Å². The van der Waals surface area contributed by atoms with Crippen LogP contribution in [0, 0.1) is 0 Å². The number of unbranched alkanes of at least 4 members (excludes halogenated alkanes) is 1. The fraction of sp³-hybridized carbons (Fsp3) is 0.643. The second-order valence-corrected chi connectivity index (χ2v) is 11.1. The number of carbonyl (C=O) groups excluding carboxylic acids is 4. The molecule has 0 aromatic heterocycles. The molecule has 2 saturated heterocycles.